The Morgan fingerprint density at radius 3 is 2.67 bits per heavy atom. The van der Waals surface area contributed by atoms with Crippen molar-refractivity contribution in [2.75, 3.05) is 5.73 Å². The van der Waals surface area contributed by atoms with Crippen molar-refractivity contribution in [3.63, 3.8) is 0 Å². The largest absolute Gasteiger partial charge is 0.383 e. The second-order valence-corrected chi connectivity index (χ2v) is 7.05. The van der Waals surface area contributed by atoms with Crippen molar-refractivity contribution in [2.24, 2.45) is 0 Å². The van der Waals surface area contributed by atoms with Crippen LogP contribution in [-0.4, -0.2) is 9.97 Å². The lowest BCUT2D eigenvalue weighted by Gasteiger charge is -1.98. The Balaban J connectivity index is 2.49. The van der Waals surface area contributed by atoms with Crippen molar-refractivity contribution in [2.45, 2.75) is 0 Å². The third kappa shape index (κ3) is 2.51. The van der Waals surface area contributed by atoms with Crippen LogP contribution in [0.2, 0.25) is 0 Å². The molecule has 0 aliphatic heterocycles. The van der Waals surface area contributed by atoms with E-state index in [1.165, 1.54) is 0 Å². The molecule has 78 valence electrons. The summed E-state index contributed by atoms with van der Waals surface area (Å²) in [5.41, 5.74) is 5.73. The summed E-state index contributed by atoms with van der Waals surface area (Å²) >= 11 is 10.5. The third-order valence-corrected chi connectivity index (χ3v) is 5.72. The second-order valence-electron chi connectivity index (χ2n) is 2.66. The average Bonchev–Trinajstić information content (AvgIpc) is 2.52. The maximum absolute atomic E-state index is 5.73. The summed E-state index contributed by atoms with van der Waals surface area (Å²) in [7, 11) is 0. The van der Waals surface area contributed by atoms with Gasteiger partial charge in [0.1, 0.15) is 5.82 Å². The van der Waals surface area contributed by atoms with Crippen LogP contribution in [0, 0.1) is 3.57 Å². The Morgan fingerprint density at radius 2 is 2.13 bits per heavy atom. The molecule has 0 bridgehead atoms. The van der Waals surface area contributed by atoms with Gasteiger partial charge in [0.15, 0.2) is 5.82 Å². The summed E-state index contributed by atoms with van der Waals surface area (Å²) in [4.78, 5) is 9.44. The third-order valence-electron chi connectivity index (χ3n) is 1.64. The zero-order valence-electron chi connectivity index (χ0n) is 7.17. The Bertz CT molecular complexity index is 495. The molecule has 0 spiro atoms. The molecule has 0 aliphatic rings. The first-order chi connectivity index (χ1) is 7.08. The summed E-state index contributed by atoms with van der Waals surface area (Å²) < 4.78 is 2.90. The zero-order valence-corrected chi connectivity index (χ0v) is 13.3. The maximum Gasteiger partial charge on any atom is 0.171 e. The number of nitrogens with two attached hydrogens (primary N) is 1. The van der Waals surface area contributed by atoms with Crippen LogP contribution in [0.3, 0.4) is 0 Å². The van der Waals surface area contributed by atoms with E-state index in [4.69, 9.17) is 5.73 Å². The molecule has 0 amide bonds. The van der Waals surface area contributed by atoms with Crippen LogP contribution < -0.4 is 5.73 Å². The van der Waals surface area contributed by atoms with Crippen LogP contribution in [-0.2, 0) is 0 Å². The standard InChI is InChI=1S/C8H4Br2IN3S/c9-3-1-5(15-6(3)10)8-13-2-4(11)7(12)14-8/h1-2H,(H2,12,13,14). The number of halogens is 3. The first kappa shape index (κ1) is 11.7. The van der Waals surface area contributed by atoms with Crippen molar-refractivity contribution in [3.05, 3.63) is 24.1 Å². The van der Waals surface area contributed by atoms with Crippen molar-refractivity contribution in [3.8, 4) is 10.7 Å². The fourth-order valence-corrected chi connectivity index (χ4v) is 3.19. The fraction of sp³-hybridized carbons (Fsp3) is 0. The zero-order chi connectivity index (χ0) is 11.0. The van der Waals surface area contributed by atoms with E-state index in [1.54, 1.807) is 17.5 Å². The number of aromatic nitrogens is 2. The van der Waals surface area contributed by atoms with Gasteiger partial charge in [-0.15, -0.1) is 11.3 Å². The van der Waals surface area contributed by atoms with Crippen LogP contribution in [0.15, 0.2) is 20.5 Å². The monoisotopic (exact) mass is 459 g/mol. The highest BCUT2D eigenvalue weighted by Crippen LogP contribution is 2.37. The number of nitrogen functional groups attached to an aromatic ring is 1. The lowest BCUT2D eigenvalue weighted by atomic mass is 10.4. The van der Waals surface area contributed by atoms with Gasteiger partial charge in [-0.25, -0.2) is 9.97 Å². The molecule has 2 rings (SSSR count). The van der Waals surface area contributed by atoms with Crippen molar-refractivity contribution < 1.29 is 0 Å². The highest BCUT2D eigenvalue weighted by atomic mass is 127. The summed E-state index contributed by atoms with van der Waals surface area (Å²) in [6.45, 7) is 0. The molecule has 0 saturated heterocycles. The molecule has 7 heteroatoms. The topological polar surface area (TPSA) is 51.8 Å². The second kappa shape index (κ2) is 4.64. The quantitative estimate of drug-likeness (QED) is 0.656. The molecule has 0 unspecified atom stereocenters. The van der Waals surface area contributed by atoms with Gasteiger partial charge in [0.25, 0.3) is 0 Å². The van der Waals surface area contributed by atoms with Gasteiger partial charge in [-0.1, -0.05) is 0 Å². The molecule has 3 nitrogen and oxygen atoms in total. The lowest BCUT2D eigenvalue weighted by Crippen LogP contribution is -1.97. The molecule has 0 saturated carbocycles. The molecule has 2 aromatic heterocycles. The van der Waals surface area contributed by atoms with Crippen molar-refractivity contribution in [1.29, 1.82) is 0 Å². The van der Waals surface area contributed by atoms with E-state index in [1.807, 2.05) is 6.07 Å². The lowest BCUT2D eigenvalue weighted by molar-refractivity contribution is 1.18. The number of hydrogen-bond acceptors (Lipinski definition) is 4. The first-order valence-electron chi connectivity index (χ1n) is 3.81. The number of hydrogen-bond donors (Lipinski definition) is 1. The van der Waals surface area contributed by atoms with Crippen molar-refractivity contribution >= 4 is 71.6 Å². The fourth-order valence-electron chi connectivity index (χ4n) is 0.956. The minimum absolute atomic E-state index is 0.515. The Labute approximate surface area is 121 Å². The van der Waals surface area contributed by atoms with Crippen LogP contribution in [0.1, 0.15) is 0 Å². The molecular formula is C8H4Br2IN3S. The maximum atomic E-state index is 5.73. The number of thiophene rings is 1. The highest BCUT2D eigenvalue weighted by Gasteiger charge is 2.10. The minimum Gasteiger partial charge on any atom is -0.383 e. The average molecular weight is 461 g/mol. The summed E-state index contributed by atoms with van der Waals surface area (Å²) in [5.74, 6) is 1.17. The van der Waals surface area contributed by atoms with Gasteiger partial charge in [-0.05, 0) is 60.5 Å². The molecule has 0 fully saturated rings. The van der Waals surface area contributed by atoms with Crippen LogP contribution in [0.4, 0.5) is 5.82 Å². The van der Waals surface area contributed by atoms with Gasteiger partial charge in [-0.2, -0.15) is 0 Å². The van der Waals surface area contributed by atoms with E-state index in [9.17, 15) is 0 Å². The van der Waals surface area contributed by atoms with Gasteiger partial charge >= 0.3 is 0 Å². The highest BCUT2D eigenvalue weighted by molar-refractivity contribution is 14.1. The van der Waals surface area contributed by atoms with Gasteiger partial charge in [0.2, 0.25) is 0 Å². The smallest absolute Gasteiger partial charge is 0.171 e. The van der Waals surface area contributed by atoms with Crippen LogP contribution in [0.25, 0.3) is 10.7 Å². The van der Waals surface area contributed by atoms with Gasteiger partial charge in [0.05, 0.1) is 12.2 Å². The van der Waals surface area contributed by atoms with E-state index in [-0.39, 0.29) is 0 Å². The molecule has 15 heavy (non-hydrogen) atoms. The van der Waals surface area contributed by atoms with Crippen LogP contribution in [0.5, 0.6) is 0 Å². The predicted octanol–water partition coefficient (Wildman–Crippen LogP) is 3.92. The van der Waals surface area contributed by atoms with Gasteiger partial charge in [-0.3, -0.25) is 0 Å². The first-order valence-corrected chi connectivity index (χ1v) is 7.29. The number of anilines is 1. The minimum atomic E-state index is 0.515. The molecule has 0 radical (unpaired) electrons. The van der Waals surface area contributed by atoms with E-state index >= 15 is 0 Å². The molecule has 2 N–H and O–H groups in total. The van der Waals surface area contributed by atoms with E-state index < -0.39 is 0 Å². The molecule has 0 atom stereocenters. The van der Waals surface area contributed by atoms with E-state index in [0.29, 0.717) is 11.6 Å². The number of rotatable bonds is 1. The number of nitrogens with zero attached hydrogens (tertiary/aromatic N) is 2. The molecule has 2 heterocycles. The van der Waals surface area contributed by atoms with Crippen LogP contribution >= 0.6 is 65.8 Å². The predicted molar refractivity (Wildman–Crippen MR) is 77.9 cm³/mol. The Kier molecular flexibility index (Phi) is 3.63. The van der Waals surface area contributed by atoms with Gasteiger partial charge in [0, 0.05) is 10.7 Å². The Hall–Kier alpha value is 0.270. The summed E-state index contributed by atoms with van der Waals surface area (Å²) in [6, 6.07) is 1.97. The summed E-state index contributed by atoms with van der Waals surface area (Å²) in [5, 5.41) is 0. The Morgan fingerprint density at radius 1 is 1.40 bits per heavy atom. The van der Waals surface area contributed by atoms with E-state index in [2.05, 4.69) is 64.4 Å². The summed E-state index contributed by atoms with van der Waals surface area (Å²) in [6.07, 6.45) is 1.72. The normalized spacial score (nSPS) is 10.6. The molecule has 0 aromatic carbocycles. The SMILES string of the molecule is Nc1nc(-c2cc(Br)c(Br)s2)ncc1I. The molecular weight excluding hydrogens is 457 g/mol. The molecule has 2 aromatic rings. The van der Waals surface area contributed by atoms with E-state index in [0.717, 1.165) is 16.7 Å². The van der Waals surface area contributed by atoms with Gasteiger partial charge < -0.3 is 5.73 Å². The molecule has 0 aliphatic carbocycles. The van der Waals surface area contributed by atoms with Crippen molar-refractivity contribution in [1.82, 2.24) is 9.97 Å².